The number of carbonyl (C=O) groups is 2. The molecule has 0 spiro atoms. The fraction of sp³-hybridized carbons (Fsp3) is 0.556. The molecule has 0 aliphatic rings. The maximum absolute atomic E-state index is 11.9. The highest BCUT2D eigenvalue weighted by Crippen LogP contribution is 2.12. The van der Waals surface area contributed by atoms with Crippen molar-refractivity contribution in [3.05, 3.63) is 29.8 Å². The van der Waals surface area contributed by atoms with Gasteiger partial charge < -0.3 is 15.5 Å². The number of phenols is 1. The zero-order valence-electron chi connectivity index (χ0n) is 13.8. The molecular formula is C18H27NO4. The molecule has 1 amide bonds. The average molecular weight is 321 g/mol. The Labute approximate surface area is 137 Å². The predicted octanol–water partition coefficient (Wildman–Crippen LogP) is 3.25. The molecule has 0 aliphatic carbocycles. The maximum atomic E-state index is 11.9. The molecule has 128 valence electrons. The summed E-state index contributed by atoms with van der Waals surface area (Å²) in [7, 11) is 0. The summed E-state index contributed by atoms with van der Waals surface area (Å²) < 4.78 is 0. The lowest BCUT2D eigenvalue weighted by Gasteiger charge is -2.14. The van der Waals surface area contributed by atoms with Gasteiger partial charge in [0.15, 0.2) is 0 Å². The first-order valence-corrected chi connectivity index (χ1v) is 8.33. The lowest BCUT2D eigenvalue weighted by Crippen LogP contribution is -2.42. The van der Waals surface area contributed by atoms with Crippen molar-refractivity contribution in [2.45, 2.75) is 64.3 Å². The van der Waals surface area contributed by atoms with Crippen LogP contribution in [0.5, 0.6) is 5.75 Å². The Bertz CT molecular complexity index is 484. The van der Waals surface area contributed by atoms with E-state index < -0.39 is 12.0 Å². The summed E-state index contributed by atoms with van der Waals surface area (Å²) in [5.41, 5.74) is 0.759. The molecule has 5 nitrogen and oxygen atoms in total. The minimum absolute atomic E-state index is 0.132. The highest BCUT2D eigenvalue weighted by Gasteiger charge is 2.20. The number of hydrogen-bond donors (Lipinski definition) is 3. The fourth-order valence-electron chi connectivity index (χ4n) is 2.40. The Balaban J connectivity index is 2.35. The Morgan fingerprint density at radius 2 is 1.65 bits per heavy atom. The molecule has 23 heavy (non-hydrogen) atoms. The van der Waals surface area contributed by atoms with Gasteiger partial charge in [-0.15, -0.1) is 0 Å². The van der Waals surface area contributed by atoms with Crippen LogP contribution in [0.4, 0.5) is 0 Å². The van der Waals surface area contributed by atoms with Gasteiger partial charge in [0.2, 0.25) is 5.91 Å². The van der Waals surface area contributed by atoms with Crippen molar-refractivity contribution in [1.82, 2.24) is 5.32 Å². The van der Waals surface area contributed by atoms with Crippen molar-refractivity contribution in [3.63, 3.8) is 0 Å². The Morgan fingerprint density at radius 3 is 2.26 bits per heavy atom. The van der Waals surface area contributed by atoms with Crippen LogP contribution in [0.2, 0.25) is 0 Å². The lowest BCUT2D eigenvalue weighted by atomic mass is 10.1. The van der Waals surface area contributed by atoms with Crippen molar-refractivity contribution in [2.24, 2.45) is 0 Å². The Kier molecular flexibility index (Phi) is 8.80. The third-order valence-electron chi connectivity index (χ3n) is 3.77. The number of rotatable bonds is 11. The van der Waals surface area contributed by atoms with Crippen LogP contribution in [0.3, 0.4) is 0 Å². The molecular weight excluding hydrogens is 294 g/mol. The van der Waals surface area contributed by atoms with Gasteiger partial charge in [0.1, 0.15) is 11.8 Å². The summed E-state index contributed by atoms with van der Waals surface area (Å²) in [5.74, 6) is -1.13. The largest absolute Gasteiger partial charge is 0.508 e. The summed E-state index contributed by atoms with van der Waals surface area (Å²) in [5, 5.41) is 21.1. The number of aliphatic carboxylic acids is 1. The summed E-state index contributed by atoms with van der Waals surface area (Å²) in [6.45, 7) is 2.16. The molecule has 1 unspecified atom stereocenters. The van der Waals surface area contributed by atoms with Crippen LogP contribution in [0, 0.1) is 0 Å². The van der Waals surface area contributed by atoms with Gasteiger partial charge in [-0.05, 0) is 24.1 Å². The average Bonchev–Trinajstić information content (AvgIpc) is 2.52. The van der Waals surface area contributed by atoms with E-state index in [0.29, 0.717) is 6.42 Å². The van der Waals surface area contributed by atoms with Crippen LogP contribution in [0.25, 0.3) is 0 Å². The molecule has 5 heteroatoms. The minimum Gasteiger partial charge on any atom is -0.508 e. The molecule has 0 radical (unpaired) electrons. The van der Waals surface area contributed by atoms with Gasteiger partial charge >= 0.3 is 5.97 Å². The van der Waals surface area contributed by atoms with E-state index in [4.69, 9.17) is 0 Å². The molecule has 0 bridgehead atoms. The zero-order valence-corrected chi connectivity index (χ0v) is 13.8. The molecule has 1 aromatic carbocycles. The number of unbranched alkanes of at least 4 members (excludes halogenated alkanes) is 5. The highest BCUT2D eigenvalue weighted by atomic mass is 16.4. The van der Waals surface area contributed by atoms with E-state index in [1.54, 1.807) is 12.1 Å². The van der Waals surface area contributed by atoms with Crippen LogP contribution in [0.15, 0.2) is 24.3 Å². The van der Waals surface area contributed by atoms with E-state index in [0.717, 1.165) is 24.8 Å². The smallest absolute Gasteiger partial charge is 0.326 e. The molecule has 3 N–H and O–H groups in total. The zero-order chi connectivity index (χ0) is 17.1. The molecule has 0 saturated carbocycles. The van der Waals surface area contributed by atoms with Crippen molar-refractivity contribution >= 4 is 11.9 Å². The number of benzene rings is 1. The third kappa shape index (κ3) is 8.24. The van der Waals surface area contributed by atoms with E-state index in [2.05, 4.69) is 12.2 Å². The van der Waals surface area contributed by atoms with Crippen molar-refractivity contribution < 1.29 is 19.8 Å². The molecule has 0 saturated heterocycles. The number of aromatic hydroxyl groups is 1. The maximum Gasteiger partial charge on any atom is 0.326 e. The molecule has 1 rings (SSSR count). The van der Waals surface area contributed by atoms with Gasteiger partial charge in [0, 0.05) is 12.8 Å². The van der Waals surface area contributed by atoms with Gasteiger partial charge in [0.05, 0.1) is 0 Å². The number of carbonyl (C=O) groups excluding carboxylic acids is 1. The highest BCUT2D eigenvalue weighted by molar-refractivity contribution is 5.83. The van der Waals surface area contributed by atoms with Crippen LogP contribution in [0.1, 0.15) is 57.4 Å². The number of carboxylic acids is 1. The fourth-order valence-corrected chi connectivity index (χ4v) is 2.40. The second-order valence-corrected chi connectivity index (χ2v) is 5.85. The number of nitrogens with one attached hydrogen (secondary N) is 1. The van der Waals surface area contributed by atoms with Gasteiger partial charge in [-0.3, -0.25) is 4.79 Å². The number of carboxylic acid groups (broad SMARTS) is 1. The van der Waals surface area contributed by atoms with E-state index in [1.165, 1.54) is 31.4 Å². The second-order valence-electron chi connectivity index (χ2n) is 5.85. The molecule has 0 aliphatic heterocycles. The standard InChI is InChI=1S/C18H27NO4/c1-2-3-4-5-6-7-8-17(21)19-16(18(22)23)13-14-9-11-15(20)12-10-14/h9-12,16,20H,2-8,13H2,1H3,(H,19,21)(H,22,23). The Morgan fingerprint density at radius 1 is 1.04 bits per heavy atom. The number of phenolic OH excluding ortho intramolecular Hbond substituents is 1. The van der Waals surface area contributed by atoms with Crippen LogP contribution >= 0.6 is 0 Å². The Hall–Kier alpha value is -2.04. The van der Waals surface area contributed by atoms with E-state index in [1.807, 2.05) is 0 Å². The summed E-state index contributed by atoms with van der Waals surface area (Å²) in [4.78, 5) is 23.2. The lowest BCUT2D eigenvalue weighted by molar-refractivity contribution is -0.141. The quantitative estimate of drug-likeness (QED) is 0.546. The number of amides is 1. The normalized spacial score (nSPS) is 11.9. The second kappa shape index (κ2) is 10.6. The first-order valence-electron chi connectivity index (χ1n) is 8.33. The third-order valence-corrected chi connectivity index (χ3v) is 3.77. The molecule has 1 aromatic rings. The summed E-state index contributed by atoms with van der Waals surface area (Å²) in [6, 6.07) is 5.39. The summed E-state index contributed by atoms with van der Waals surface area (Å²) >= 11 is 0. The first-order chi connectivity index (χ1) is 11.0. The first kappa shape index (κ1) is 19.0. The van der Waals surface area contributed by atoms with Gasteiger partial charge in [0.25, 0.3) is 0 Å². The van der Waals surface area contributed by atoms with E-state index in [-0.39, 0.29) is 18.1 Å². The van der Waals surface area contributed by atoms with Crippen LogP contribution in [-0.2, 0) is 16.0 Å². The monoisotopic (exact) mass is 321 g/mol. The van der Waals surface area contributed by atoms with Crippen LogP contribution < -0.4 is 5.32 Å². The topological polar surface area (TPSA) is 86.6 Å². The van der Waals surface area contributed by atoms with Crippen molar-refractivity contribution in [1.29, 1.82) is 0 Å². The molecule has 1 atom stereocenters. The number of hydrogen-bond acceptors (Lipinski definition) is 3. The minimum atomic E-state index is -1.05. The van der Waals surface area contributed by atoms with Gasteiger partial charge in [-0.2, -0.15) is 0 Å². The molecule has 0 fully saturated rings. The van der Waals surface area contributed by atoms with Gasteiger partial charge in [-0.1, -0.05) is 51.2 Å². The van der Waals surface area contributed by atoms with Crippen LogP contribution in [-0.4, -0.2) is 28.1 Å². The predicted molar refractivity (Wildman–Crippen MR) is 89.4 cm³/mol. The molecule has 0 heterocycles. The van der Waals surface area contributed by atoms with Crippen molar-refractivity contribution in [3.8, 4) is 5.75 Å². The SMILES string of the molecule is CCCCCCCCC(=O)NC(Cc1ccc(O)cc1)C(=O)O. The van der Waals surface area contributed by atoms with E-state index >= 15 is 0 Å². The van der Waals surface area contributed by atoms with Gasteiger partial charge in [-0.25, -0.2) is 4.79 Å². The van der Waals surface area contributed by atoms with E-state index in [9.17, 15) is 19.8 Å². The summed E-state index contributed by atoms with van der Waals surface area (Å²) in [6.07, 6.45) is 7.10. The molecule has 0 aromatic heterocycles. The van der Waals surface area contributed by atoms with Crippen molar-refractivity contribution in [2.75, 3.05) is 0 Å².